The van der Waals surface area contributed by atoms with Crippen LogP contribution < -0.4 is 0 Å². The maximum absolute atomic E-state index is 3.83. The molecule has 0 aromatic heterocycles. The van der Waals surface area contributed by atoms with E-state index in [1.54, 1.807) is 0 Å². The fourth-order valence-electron chi connectivity index (χ4n) is 3.14. The van der Waals surface area contributed by atoms with Crippen LogP contribution in [0.3, 0.4) is 0 Å². The topological polar surface area (TPSA) is 0 Å². The Bertz CT molecular complexity index is 312. The molecule has 1 aliphatic rings. The zero-order valence-corrected chi connectivity index (χ0v) is 12.2. The van der Waals surface area contributed by atoms with Crippen molar-refractivity contribution in [1.82, 2.24) is 0 Å². The van der Waals surface area contributed by atoms with Gasteiger partial charge in [-0.3, -0.25) is 0 Å². The fraction of sp³-hybridized carbons (Fsp3) is 0.667. The molecule has 0 aromatic rings. The van der Waals surface area contributed by atoms with Crippen molar-refractivity contribution in [1.29, 1.82) is 0 Å². The molecule has 0 aliphatic heterocycles. The quantitative estimate of drug-likeness (QED) is 0.517. The maximum atomic E-state index is 3.83. The largest absolute Gasteiger partial charge is 0.130 e. The zero-order valence-electron chi connectivity index (χ0n) is 12.2. The highest BCUT2D eigenvalue weighted by atomic mass is 14.3. The van der Waals surface area contributed by atoms with Gasteiger partial charge in [0, 0.05) is 0 Å². The lowest BCUT2D eigenvalue weighted by Gasteiger charge is -2.32. The van der Waals surface area contributed by atoms with Gasteiger partial charge in [-0.1, -0.05) is 39.8 Å². The summed E-state index contributed by atoms with van der Waals surface area (Å²) in [6.45, 7) is 12.1. The van der Waals surface area contributed by atoms with Gasteiger partial charge in [0.1, 0.15) is 0 Å². The molecule has 18 heavy (non-hydrogen) atoms. The highest BCUT2D eigenvalue weighted by molar-refractivity contribution is 5.04. The van der Waals surface area contributed by atoms with Gasteiger partial charge in [-0.05, 0) is 61.5 Å². The van der Waals surface area contributed by atoms with Crippen LogP contribution in [0, 0.1) is 11.8 Å². The normalized spacial score (nSPS) is 23.0. The third-order valence-corrected chi connectivity index (χ3v) is 4.44. The first-order valence-corrected chi connectivity index (χ1v) is 7.50. The van der Waals surface area contributed by atoms with E-state index in [4.69, 9.17) is 0 Å². The van der Waals surface area contributed by atoms with E-state index in [0.717, 1.165) is 24.7 Å². The lowest BCUT2D eigenvalue weighted by atomic mass is 9.73. The molecule has 0 nitrogen and oxygen atoms in total. The average Bonchev–Trinajstić information content (AvgIpc) is 2.43. The molecule has 0 aromatic carbocycles. The third kappa shape index (κ3) is 4.37. The van der Waals surface area contributed by atoms with Crippen LogP contribution in [0.25, 0.3) is 0 Å². The van der Waals surface area contributed by atoms with E-state index in [2.05, 4.69) is 38.5 Å². The van der Waals surface area contributed by atoms with E-state index >= 15 is 0 Å². The molecule has 100 valence electrons. The van der Waals surface area contributed by atoms with Gasteiger partial charge in [0.05, 0.1) is 0 Å². The predicted octanol–water partition coefficient (Wildman–Crippen LogP) is 5.82. The van der Waals surface area contributed by atoms with Crippen LogP contribution in [0.1, 0.15) is 65.2 Å². The van der Waals surface area contributed by atoms with Crippen LogP contribution in [0.5, 0.6) is 0 Å². The van der Waals surface area contributed by atoms with E-state index in [1.807, 2.05) is 0 Å². The minimum absolute atomic E-state index is 0.831. The molecular weight excluding hydrogens is 216 g/mol. The highest BCUT2D eigenvalue weighted by Crippen LogP contribution is 2.38. The molecular formula is C18H28. The fourth-order valence-corrected chi connectivity index (χ4v) is 3.14. The second-order valence-electron chi connectivity index (χ2n) is 5.48. The van der Waals surface area contributed by atoms with Crippen LogP contribution in [-0.2, 0) is 0 Å². The van der Waals surface area contributed by atoms with Crippen molar-refractivity contribution in [3.63, 3.8) is 0 Å². The van der Waals surface area contributed by atoms with Crippen molar-refractivity contribution < 1.29 is 0 Å². The van der Waals surface area contributed by atoms with Gasteiger partial charge >= 0.3 is 0 Å². The smallest absolute Gasteiger partial charge is 0.0213 e. The van der Waals surface area contributed by atoms with Crippen molar-refractivity contribution in [2.45, 2.75) is 65.2 Å². The highest BCUT2D eigenvalue weighted by Gasteiger charge is 2.25. The summed E-state index contributed by atoms with van der Waals surface area (Å²) in [7, 11) is 0. The molecule has 1 aliphatic carbocycles. The minimum Gasteiger partial charge on any atom is -0.130 e. The van der Waals surface area contributed by atoms with Gasteiger partial charge in [-0.2, -0.15) is 0 Å². The van der Waals surface area contributed by atoms with E-state index in [-0.39, 0.29) is 0 Å². The Balaban J connectivity index is 2.67. The van der Waals surface area contributed by atoms with Crippen LogP contribution in [0.4, 0.5) is 0 Å². The first-order chi connectivity index (χ1) is 8.74. The van der Waals surface area contributed by atoms with Gasteiger partial charge in [-0.15, -0.1) is 11.5 Å². The van der Waals surface area contributed by atoms with E-state index in [9.17, 15) is 0 Å². The number of hydrogen-bond donors (Lipinski definition) is 0. The van der Waals surface area contributed by atoms with Crippen molar-refractivity contribution in [3.05, 3.63) is 35.8 Å². The summed E-state index contributed by atoms with van der Waals surface area (Å²) in [5.74, 6) is 1.66. The molecule has 2 atom stereocenters. The van der Waals surface area contributed by atoms with E-state index < -0.39 is 0 Å². The van der Waals surface area contributed by atoms with Gasteiger partial charge < -0.3 is 0 Å². The lowest BCUT2D eigenvalue weighted by Crippen LogP contribution is -2.20. The molecule has 1 saturated carbocycles. The minimum atomic E-state index is 0.831. The van der Waals surface area contributed by atoms with Crippen LogP contribution >= 0.6 is 0 Å². The molecule has 0 bridgehead atoms. The average molecular weight is 244 g/mol. The summed E-state index contributed by atoms with van der Waals surface area (Å²) >= 11 is 0. The van der Waals surface area contributed by atoms with Crippen LogP contribution in [0.15, 0.2) is 35.8 Å². The van der Waals surface area contributed by atoms with Crippen LogP contribution in [-0.4, -0.2) is 0 Å². The summed E-state index contributed by atoms with van der Waals surface area (Å²) in [6.07, 6.45) is 10.2. The zero-order chi connectivity index (χ0) is 13.4. The van der Waals surface area contributed by atoms with Crippen molar-refractivity contribution in [3.8, 4) is 0 Å². The molecule has 0 unspecified atom stereocenters. The Morgan fingerprint density at radius 1 is 0.889 bits per heavy atom. The summed E-state index contributed by atoms with van der Waals surface area (Å²) in [4.78, 5) is 0. The molecule has 0 heterocycles. The number of allylic oxidation sites excluding steroid dienone is 2. The third-order valence-electron chi connectivity index (χ3n) is 4.44. The second kappa shape index (κ2) is 8.20. The molecule has 0 radical (unpaired) electrons. The molecule has 1 rings (SSSR count). The Morgan fingerprint density at radius 2 is 1.28 bits per heavy atom. The standard InChI is InChI=1S/C18H28/c1-5-15(6-2)13-17-11-9-10-12-18(17)14-16(7-3)8-4/h17-18H,1,3,6,8-14H2,2,4H3/t17-,18-/m0/s1. The van der Waals surface area contributed by atoms with Crippen molar-refractivity contribution in [2.75, 3.05) is 0 Å². The van der Waals surface area contributed by atoms with Gasteiger partial charge in [0.25, 0.3) is 0 Å². The Hall–Kier alpha value is -0.960. The Kier molecular flexibility index (Phi) is 6.88. The van der Waals surface area contributed by atoms with Gasteiger partial charge in [0.2, 0.25) is 0 Å². The predicted molar refractivity (Wildman–Crippen MR) is 80.6 cm³/mol. The second-order valence-corrected chi connectivity index (χ2v) is 5.48. The molecule has 0 N–H and O–H groups in total. The maximum Gasteiger partial charge on any atom is -0.0213 e. The monoisotopic (exact) mass is 244 g/mol. The number of rotatable bonds is 6. The summed E-state index contributed by atoms with van der Waals surface area (Å²) in [5.41, 5.74) is 9.09. The van der Waals surface area contributed by atoms with Crippen LogP contribution in [0.2, 0.25) is 0 Å². The van der Waals surface area contributed by atoms with Gasteiger partial charge in [-0.25, -0.2) is 0 Å². The van der Waals surface area contributed by atoms with E-state index in [1.165, 1.54) is 49.7 Å². The Labute approximate surface area is 113 Å². The first kappa shape index (κ1) is 15.1. The molecule has 0 amide bonds. The summed E-state index contributed by atoms with van der Waals surface area (Å²) in [5, 5.41) is 0. The SMILES string of the molecule is C=C=C(CC)C[C@@H]1CCCC[C@H]1CC(=C=C)CC. The summed E-state index contributed by atoms with van der Waals surface area (Å²) in [6, 6.07) is 0. The lowest BCUT2D eigenvalue weighted by molar-refractivity contribution is 0.231. The first-order valence-electron chi connectivity index (χ1n) is 7.50. The van der Waals surface area contributed by atoms with Crippen molar-refractivity contribution >= 4 is 0 Å². The van der Waals surface area contributed by atoms with Gasteiger partial charge in [0.15, 0.2) is 0 Å². The van der Waals surface area contributed by atoms with E-state index in [0.29, 0.717) is 0 Å². The number of hydrogen-bond acceptors (Lipinski definition) is 0. The molecule has 0 heteroatoms. The van der Waals surface area contributed by atoms with Crippen molar-refractivity contribution in [2.24, 2.45) is 11.8 Å². The molecule has 0 saturated heterocycles. The molecule has 1 fully saturated rings. The molecule has 0 spiro atoms. The summed E-state index contributed by atoms with van der Waals surface area (Å²) < 4.78 is 0. The Morgan fingerprint density at radius 3 is 1.56 bits per heavy atom.